The van der Waals surface area contributed by atoms with E-state index in [4.69, 9.17) is 11.6 Å². The number of amides is 1. The van der Waals surface area contributed by atoms with Crippen LogP contribution >= 0.6 is 11.6 Å². The zero-order valence-electron chi connectivity index (χ0n) is 12.5. The zero-order valence-corrected chi connectivity index (χ0v) is 13.2. The molecule has 0 heterocycles. The molecule has 0 saturated heterocycles. The molecule has 0 radical (unpaired) electrons. The van der Waals surface area contributed by atoms with Gasteiger partial charge in [-0.2, -0.15) is 13.2 Å². The first-order valence-electron chi connectivity index (χ1n) is 6.83. The van der Waals surface area contributed by atoms with Gasteiger partial charge in [0.15, 0.2) is 0 Å². The number of alkyl halides is 4. The van der Waals surface area contributed by atoms with Crippen molar-refractivity contribution in [2.75, 3.05) is 0 Å². The largest absolute Gasteiger partial charge is 0.416 e. The van der Waals surface area contributed by atoms with Gasteiger partial charge in [-0.1, -0.05) is 26.0 Å². The van der Waals surface area contributed by atoms with Crippen molar-refractivity contribution in [3.8, 4) is 0 Å². The van der Waals surface area contributed by atoms with E-state index in [0.717, 1.165) is 12.1 Å². The first kappa shape index (κ1) is 18.8. The van der Waals surface area contributed by atoms with E-state index in [1.54, 1.807) is 13.8 Å². The number of carbonyl (C=O) groups excluding carboxylic acids is 1. The van der Waals surface area contributed by atoms with E-state index in [1.165, 1.54) is 19.1 Å². The maximum absolute atomic E-state index is 12.7. The van der Waals surface area contributed by atoms with Gasteiger partial charge in [-0.25, -0.2) is 0 Å². The lowest BCUT2D eigenvalue weighted by molar-refractivity contribution is -0.137. The molecule has 1 aromatic carbocycles. The maximum atomic E-state index is 12.7. The van der Waals surface area contributed by atoms with Gasteiger partial charge in [0.2, 0.25) is 5.91 Å². The van der Waals surface area contributed by atoms with Crippen molar-refractivity contribution in [2.24, 2.45) is 5.92 Å². The molecule has 0 bridgehead atoms. The molecule has 1 aromatic rings. The lowest BCUT2D eigenvalue weighted by atomic mass is 9.92. The Morgan fingerprint density at radius 2 is 1.86 bits per heavy atom. The average molecular weight is 338 g/mol. The van der Waals surface area contributed by atoms with E-state index >= 15 is 0 Å². The van der Waals surface area contributed by atoms with Crippen LogP contribution in [0.2, 0.25) is 0 Å². The smallest absolute Gasteiger partial charge is 0.386 e. The minimum atomic E-state index is -4.49. The number of aliphatic hydroxyl groups excluding tert-OH is 1. The fraction of sp³-hybridized carbons (Fsp3) is 0.533. The molecule has 0 aromatic heterocycles. The summed E-state index contributed by atoms with van der Waals surface area (Å²) in [5.41, 5.74) is -0.750. The molecule has 0 fully saturated rings. The van der Waals surface area contributed by atoms with Gasteiger partial charge in [0.25, 0.3) is 0 Å². The zero-order chi connectivity index (χ0) is 17.1. The van der Waals surface area contributed by atoms with Gasteiger partial charge in [-0.05, 0) is 30.5 Å². The molecule has 1 amide bonds. The summed E-state index contributed by atoms with van der Waals surface area (Å²) in [6.45, 7) is 4.98. The number of carbonyl (C=O) groups is 1. The van der Waals surface area contributed by atoms with E-state index in [9.17, 15) is 23.1 Å². The Morgan fingerprint density at radius 3 is 2.32 bits per heavy atom. The van der Waals surface area contributed by atoms with Crippen LogP contribution in [0.1, 0.15) is 38.0 Å². The molecule has 0 aliphatic heterocycles. The minimum Gasteiger partial charge on any atom is -0.386 e. The van der Waals surface area contributed by atoms with Crippen LogP contribution in [0.5, 0.6) is 0 Å². The number of hydrogen-bond donors (Lipinski definition) is 2. The summed E-state index contributed by atoms with van der Waals surface area (Å²) in [4.78, 5) is 11.7. The predicted molar refractivity (Wildman–Crippen MR) is 78.5 cm³/mol. The lowest BCUT2D eigenvalue weighted by Gasteiger charge is -2.28. The number of aliphatic hydroxyl groups is 1. The van der Waals surface area contributed by atoms with Gasteiger partial charge in [0.1, 0.15) is 5.38 Å². The van der Waals surface area contributed by atoms with E-state index in [0.29, 0.717) is 0 Å². The number of halogens is 4. The van der Waals surface area contributed by atoms with Crippen LogP contribution in [-0.2, 0) is 11.0 Å². The second-order valence-corrected chi connectivity index (χ2v) is 6.12. The van der Waals surface area contributed by atoms with E-state index < -0.39 is 35.2 Å². The predicted octanol–water partition coefficient (Wildman–Crippen LogP) is 3.51. The normalized spacial score (nSPS) is 16.2. The molecule has 2 N–H and O–H groups in total. The van der Waals surface area contributed by atoms with Crippen molar-refractivity contribution in [1.29, 1.82) is 0 Å². The van der Waals surface area contributed by atoms with Crippen molar-refractivity contribution in [3.63, 3.8) is 0 Å². The first-order valence-corrected chi connectivity index (χ1v) is 7.27. The first-order chi connectivity index (χ1) is 10.0. The summed E-state index contributed by atoms with van der Waals surface area (Å²) in [6, 6.07) is 3.70. The third-order valence-electron chi connectivity index (χ3n) is 3.28. The highest BCUT2D eigenvalue weighted by atomic mass is 35.5. The van der Waals surface area contributed by atoms with E-state index in [-0.39, 0.29) is 11.5 Å². The van der Waals surface area contributed by atoms with Crippen LogP contribution in [-0.4, -0.2) is 22.4 Å². The van der Waals surface area contributed by atoms with Crippen LogP contribution in [0.4, 0.5) is 13.2 Å². The Hall–Kier alpha value is -1.27. The molecule has 124 valence electrons. The molecule has 0 saturated carbocycles. The highest BCUT2D eigenvalue weighted by Crippen LogP contribution is 2.32. The van der Waals surface area contributed by atoms with E-state index in [2.05, 4.69) is 5.32 Å². The lowest BCUT2D eigenvalue weighted by Crippen LogP contribution is -2.45. The van der Waals surface area contributed by atoms with Crippen LogP contribution in [0.15, 0.2) is 24.3 Å². The summed E-state index contributed by atoms with van der Waals surface area (Å²) in [5, 5.41) is 12.1. The highest BCUT2D eigenvalue weighted by molar-refractivity contribution is 6.30. The van der Waals surface area contributed by atoms with Gasteiger partial charge >= 0.3 is 6.18 Å². The molecule has 3 nitrogen and oxygen atoms in total. The van der Waals surface area contributed by atoms with Gasteiger partial charge in [-0.15, -0.1) is 11.6 Å². The van der Waals surface area contributed by atoms with Crippen molar-refractivity contribution >= 4 is 17.5 Å². The summed E-state index contributed by atoms with van der Waals surface area (Å²) in [6.07, 6.45) is -5.75. The van der Waals surface area contributed by atoms with Crippen molar-refractivity contribution in [2.45, 2.75) is 44.5 Å². The average Bonchev–Trinajstić information content (AvgIpc) is 2.42. The Balaban J connectivity index is 3.04. The third-order valence-corrected chi connectivity index (χ3v) is 3.48. The number of nitrogens with one attached hydrogen (secondary N) is 1. The summed E-state index contributed by atoms with van der Waals surface area (Å²) >= 11 is 5.67. The Morgan fingerprint density at radius 1 is 1.27 bits per heavy atom. The molecule has 22 heavy (non-hydrogen) atoms. The monoisotopic (exact) mass is 337 g/mol. The second-order valence-electron chi connectivity index (χ2n) is 5.46. The van der Waals surface area contributed by atoms with Crippen molar-refractivity contribution in [1.82, 2.24) is 5.32 Å². The van der Waals surface area contributed by atoms with Crippen LogP contribution in [0.3, 0.4) is 0 Å². The van der Waals surface area contributed by atoms with Gasteiger partial charge < -0.3 is 10.4 Å². The third kappa shape index (κ3) is 4.88. The molecule has 0 aliphatic rings. The molecule has 0 aliphatic carbocycles. The maximum Gasteiger partial charge on any atom is 0.416 e. The summed E-state index contributed by atoms with van der Waals surface area (Å²) in [5.74, 6) is -0.671. The Bertz CT molecular complexity index is 518. The van der Waals surface area contributed by atoms with Crippen LogP contribution < -0.4 is 5.32 Å². The minimum absolute atomic E-state index is 0.0936. The Kier molecular flexibility index (Phi) is 6.26. The molecule has 0 spiro atoms. The number of hydrogen-bond acceptors (Lipinski definition) is 2. The second kappa shape index (κ2) is 7.33. The van der Waals surface area contributed by atoms with Gasteiger partial charge in [0.05, 0.1) is 17.7 Å². The number of benzene rings is 1. The molecular weight excluding hydrogens is 319 g/mol. The van der Waals surface area contributed by atoms with Gasteiger partial charge in [-0.3, -0.25) is 4.79 Å². The van der Waals surface area contributed by atoms with Crippen LogP contribution in [0, 0.1) is 5.92 Å². The highest BCUT2D eigenvalue weighted by Gasteiger charge is 2.32. The fourth-order valence-electron chi connectivity index (χ4n) is 2.00. The van der Waals surface area contributed by atoms with E-state index in [1.807, 2.05) is 0 Å². The molecule has 3 unspecified atom stereocenters. The van der Waals surface area contributed by atoms with Crippen molar-refractivity contribution < 1.29 is 23.1 Å². The molecular formula is C15H19ClF3NO2. The summed E-state index contributed by atoms with van der Waals surface area (Å²) < 4.78 is 38.2. The molecule has 7 heteroatoms. The topological polar surface area (TPSA) is 49.3 Å². The standard InChI is InChI=1S/C15H19ClF3NO2/c1-8(2)12(20-14(22)9(3)16)13(21)10-5-4-6-11(7-10)15(17,18)19/h4-9,12-13,21H,1-3H3,(H,20,22). The Labute approximate surface area is 132 Å². The van der Waals surface area contributed by atoms with Gasteiger partial charge in [0, 0.05) is 0 Å². The van der Waals surface area contributed by atoms with Crippen LogP contribution in [0.25, 0.3) is 0 Å². The SMILES string of the molecule is CC(Cl)C(=O)NC(C(C)C)C(O)c1cccc(C(F)(F)F)c1. The molecule has 3 atom stereocenters. The summed E-state index contributed by atoms with van der Waals surface area (Å²) in [7, 11) is 0. The van der Waals surface area contributed by atoms with Crippen molar-refractivity contribution in [3.05, 3.63) is 35.4 Å². The molecule has 1 rings (SSSR count). The fourth-order valence-corrected chi connectivity index (χ4v) is 2.06. The number of rotatable bonds is 5. The quantitative estimate of drug-likeness (QED) is 0.808.